The van der Waals surface area contributed by atoms with Gasteiger partial charge < -0.3 is 14.3 Å². The molecule has 0 aromatic carbocycles. The third-order valence-corrected chi connectivity index (χ3v) is 2.60. The number of carbonyl (C=O) groups is 1. The maximum Gasteiger partial charge on any atom is 0.394 e. The molecular weight excluding hydrogens is 236 g/mol. The van der Waals surface area contributed by atoms with Gasteiger partial charge in [-0.1, -0.05) is 0 Å². The van der Waals surface area contributed by atoms with Crippen LogP contribution >= 0.6 is 0 Å². The first-order valence-electron chi connectivity index (χ1n) is 5.99. The summed E-state index contributed by atoms with van der Waals surface area (Å²) in [6.45, 7) is 9.62. The van der Waals surface area contributed by atoms with Crippen molar-refractivity contribution < 1.29 is 19.1 Å². The summed E-state index contributed by atoms with van der Waals surface area (Å²) in [6.07, 6.45) is 1.07. The lowest BCUT2D eigenvalue weighted by molar-refractivity contribution is 0.0690. The van der Waals surface area contributed by atoms with E-state index in [0.717, 1.165) is 12.8 Å². The van der Waals surface area contributed by atoms with E-state index in [4.69, 9.17) is 14.3 Å². The number of ether oxygens (including phenoxy) is 1. The standard InChI is InChI=1S/C12H20N2O4/c1-8(2)14(9(3)4)5-6-17-12-13-10(7-18-12)11(15)16/h7-9H,5-6H2,1-4H3,(H,15,16). The Balaban J connectivity index is 2.42. The first kappa shape index (κ1) is 14.5. The lowest BCUT2D eigenvalue weighted by atomic mass is 10.2. The Morgan fingerprint density at radius 3 is 2.50 bits per heavy atom. The van der Waals surface area contributed by atoms with Crippen LogP contribution in [0.4, 0.5) is 0 Å². The highest BCUT2D eigenvalue weighted by Gasteiger charge is 2.15. The van der Waals surface area contributed by atoms with Gasteiger partial charge in [-0.3, -0.25) is 4.90 Å². The molecule has 1 N–H and O–H groups in total. The van der Waals surface area contributed by atoms with Crippen LogP contribution in [-0.4, -0.2) is 46.2 Å². The molecule has 0 spiro atoms. The fourth-order valence-electron chi connectivity index (χ4n) is 1.77. The lowest BCUT2D eigenvalue weighted by Gasteiger charge is -2.29. The Labute approximate surface area is 107 Å². The quantitative estimate of drug-likeness (QED) is 0.802. The zero-order chi connectivity index (χ0) is 13.7. The molecule has 6 nitrogen and oxygen atoms in total. The van der Waals surface area contributed by atoms with Gasteiger partial charge in [-0.25, -0.2) is 4.79 Å². The highest BCUT2D eigenvalue weighted by Crippen LogP contribution is 2.11. The number of nitrogens with zero attached hydrogens (tertiary/aromatic N) is 2. The number of carboxylic acid groups (broad SMARTS) is 1. The van der Waals surface area contributed by atoms with E-state index in [-0.39, 0.29) is 11.8 Å². The Bertz CT molecular complexity index is 379. The summed E-state index contributed by atoms with van der Waals surface area (Å²) in [4.78, 5) is 16.5. The Hall–Kier alpha value is -1.56. The van der Waals surface area contributed by atoms with Crippen molar-refractivity contribution in [3.63, 3.8) is 0 Å². The molecular formula is C12H20N2O4. The van der Waals surface area contributed by atoms with E-state index in [1.807, 2.05) is 0 Å². The normalized spacial score (nSPS) is 11.5. The number of aromatic nitrogens is 1. The topological polar surface area (TPSA) is 75.8 Å². The van der Waals surface area contributed by atoms with E-state index in [1.165, 1.54) is 0 Å². The molecule has 1 aromatic heterocycles. The number of rotatable bonds is 7. The second kappa shape index (κ2) is 6.39. The third-order valence-electron chi connectivity index (χ3n) is 2.60. The molecule has 0 aliphatic rings. The average Bonchev–Trinajstić information content (AvgIpc) is 2.71. The van der Waals surface area contributed by atoms with Crippen LogP contribution in [0.25, 0.3) is 0 Å². The molecule has 0 bridgehead atoms. The number of hydrogen-bond donors (Lipinski definition) is 1. The molecule has 0 fully saturated rings. The van der Waals surface area contributed by atoms with E-state index in [0.29, 0.717) is 18.7 Å². The number of hydrogen-bond acceptors (Lipinski definition) is 5. The van der Waals surface area contributed by atoms with Gasteiger partial charge >= 0.3 is 12.0 Å². The fraction of sp³-hybridized carbons (Fsp3) is 0.667. The molecule has 1 rings (SSSR count). The van der Waals surface area contributed by atoms with Crippen molar-refractivity contribution in [3.8, 4) is 6.08 Å². The van der Waals surface area contributed by atoms with Crippen molar-refractivity contribution in [2.45, 2.75) is 39.8 Å². The molecule has 0 saturated heterocycles. The van der Waals surface area contributed by atoms with Crippen LogP contribution in [0.1, 0.15) is 38.2 Å². The van der Waals surface area contributed by atoms with Crippen LogP contribution in [0, 0.1) is 0 Å². The summed E-state index contributed by atoms with van der Waals surface area (Å²) < 4.78 is 10.2. The van der Waals surface area contributed by atoms with E-state index < -0.39 is 5.97 Å². The molecule has 1 aromatic rings. The third kappa shape index (κ3) is 4.03. The highest BCUT2D eigenvalue weighted by molar-refractivity contribution is 5.84. The number of oxazole rings is 1. The van der Waals surface area contributed by atoms with Crippen molar-refractivity contribution >= 4 is 5.97 Å². The van der Waals surface area contributed by atoms with Gasteiger partial charge in [0.1, 0.15) is 12.9 Å². The van der Waals surface area contributed by atoms with Crippen molar-refractivity contribution in [2.24, 2.45) is 0 Å². The van der Waals surface area contributed by atoms with E-state index >= 15 is 0 Å². The summed E-state index contributed by atoms with van der Waals surface area (Å²) in [5, 5.41) is 8.67. The predicted molar refractivity (Wildman–Crippen MR) is 65.9 cm³/mol. The summed E-state index contributed by atoms with van der Waals surface area (Å²) >= 11 is 0. The molecule has 0 aliphatic heterocycles. The number of carboxylic acids is 1. The minimum absolute atomic E-state index is 0.000128. The van der Waals surface area contributed by atoms with Gasteiger partial charge in [0.05, 0.1) is 0 Å². The predicted octanol–water partition coefficient (Wildman–Crippen LogP) is 1.87. The molecule has 0 radical (unpaired) electrons. The van der Waals surface area contributed by atoms with Gasteiger partial charge in [0, 0.05) is 18.6 Å². The molecule has 0 aliphatic carbocycles. The summed E-state index contributed by atoms with van der Waals surface area (Å²) in [5.41, 5.74) is -0.144. The van der Waals surface area contributed by atoms with Gasteiger partial charge in [-0.05, 0) is 27.7 Å². The fourth-order valence-corrected chi connectivity index (χ4v) is 1.77. The van der Waals surface area contributed by atoms with E-state index in [2.05, 4.69) is 37.6 Å². The molecule has 0 saturated carbocycles. The first-order chi connectivity index (χ1) is 8.41. The Morgan fingerprint density at radius 2 is 2.06 bits per heavy atom. The number of aromatic carboxylic acids is 1. The van der Waals surface area contributed by atoms with Crippen LogP contribution in [0.2, 0.25) is 0 Å². The molecule has 1 heterocycles. The maximum absolute atomic E-state index is 10.6. The minimum Gasteiger partial charge on any atom is -0.476 e. The zero-order valence-corrected chi connectivity index (χ0v) is 11.2. The van der Waals surface area contributed by atoms with Crippen LogP contribution < -0.4 is 4.74 Å². The molecule has 0 amide bonds. The molecule has 102 valence electrons. The molecule has 18 heavy (non-hydrogen) atoms. The lowest BCUT2D eigenvalue weighted by Crippen LogP contribution is -2.39. The highest BCUT2D eigenvalue weighted by atomic mass is 16.6. The van der Waals surface area contributed by atoms with Gasteiger partial charge in [0.15, 0.2) is 5.69 Å². The second-order valence-electron chi connectivity index (χ2n) is 4.58. The SMILES string of the molecule is CC(C)N(CCOc1nc(C(=O)O)co1)C(C)C. The Morgan fingerprint density at radius 1 is 1.44 bits per heavy atom. The zero-order valence-electron chi connectivity index (χ0n) is 11.2. The van der Waals surface area contributed by atoms with Crippen LogP contribution in [0.15, 0.2) is 10.7 Å². The first-order valence-corrected chi connectivity index (χ1v) is 5.99. The van der Waals surface area contributed by atoms with Crippen LogP contribution in [0.3, 0.4) is 0 Å². The van der Waals surface area contributed by atoms with Gasteiger partial charge in [0.25, 0.3) is 0 Å². The maximum atomic E-state index is 10.6. The van der Waals surface area contributed by atoms with Crippen LogP contribution in [-0.2, 0) is 0 Å². The van der Waals surface area contributed by atoms with Crippen LogP contribution in [0.5, 0.6) is 6.08 Å². The van der Waals surface area contributed by atoms with Gasteiger partial charge in [0.2, 0.25) is 0 Å². The van der Waals surface area contributed by atoms with Crippen molar-refractivity contribution in [1.29, 1.82) is 0 Å². The molecule has 6 heteroatoms. The van der Waals surface area contributed by atoms with Gasteiger partial charge in [-0.2, -0.15) is 4.98 Å². The second-order valence-corrected chi connectivity index (χ2v) is 4.58. The smallest absolute Gasteiger partial charge is 0.394 e. The minimum atomic E-state index is -1.13. The molecule has 0 unspecified atom stereocenters. The van der Waals surface area contributed by atoms with Gasteiger partial charge in [-0.15, -0.1) is 0 Å². The van der Waals surface area contributed by atoms with Crippen molar-refractivity contribution in [3.05, 3.63) is 12.0 Å². The largest absolute Gasteiger partial charge is 0.476 e. The molecule has 0 atom stereocenters. The van der Waals surface area contributed by atoms with E-state index in [1.54, 1.807) is 0 Å². The summed E-state index contributed by atoms with van der Waals surface area (Å²) in [6, 6.07) is 0.848. The summed E-state index contributed by atoms with van der Waals surface area (Å²) in [5.74, 6) is -1.13. The monoisotopic (exact) mass is 256 g/mol. The summed E-state index contributed by atoms with van der Waals surface area (Å²) in [7, 11) is 0. The van der Waals surface area contributed by atoms with Crippen molar-refractivity contribution in [2.75, 3.05) is 13.2 Å². The Kier molecular flexibility index (Phi) is 5.15. The van der Waals surface area contributed by atoms with Crippen molar-refractivity contribution in [1.82, 2.24) is 9.88 Å². The average molecular weight is 256 g/mol. The van der Waals surface area contributed by atoms with E-state index in [9.17, 15) is 4.79 Å².